The van der Waals surface area contributed by atoms with Gasteiger partial charge in [0, 0.05) is 0 Å². The van der Waals surface area contributed by atoms with Crippen LogP contribution in [0, 0.1) is 10.8 Å². The van der Waals surface area contributed by atoms with Crippen molar-refractivity contribution in [3.63, 3.8) is 0 Å². The summed E-state index contributed by atoms with van der Waals surface area (Å²) in [6, 6.07) is 12.2. The highest BCUT2D eigenvalue weighted by Gasteiger charge is 2.55. The van der Waals surface area contributed by atoms with E-state index in [1.54, 1.807) is 0 Å². The molecule has 0 aromatic heterocycles. The maximum absolute atomic E-state index is 13.1. The number of benzene rings is 2. The molecule has 0 saturated carbocycles. The van der Waals surface area contributed by atoms with Crippen molar-refractivity contribution in [1.82, 2.24) is 0 Å². The molecule has 2 aromatic rings. The first kappa shape index (κ1) is 97.5. The van der Waals surface area contributed by atoms with Gasteiger partial charge in [0.25, 0.3) is 0 Å². The molecular formula is C74H144O18P4. The van der Waals surface area contributed by atoms with E-state index in [2.05, 4.69) is 118 Å². The smallest absolute Gasteiger partial charge is 0.334 e. The Morgan fingerprint density at radius 2 is 0.490 bits per heavy atom. The predicted octanol–water partition coefficient (Wildman–Crippen LogP) is 16.9. The van der Waals surface area contributed by atoms with Crippen LogP contribution in [0.4, 0.5) is 0 Å². The normalized spacial score (nSPS) is 12.9. The van der Waals surface area contributed by atoms with Crippen molar-refractivity contribution < 1.29 is 88.6 Å². The van der Waals surface area contributed by atoms with Gasteiger partial charge in [-0.1, -0.05) is 339 Å². The van der Waals surface area contributed by atoms with E-state index in [1.807, 2.05) is 24.3 Å². The number of hydrogen-bond acceptors (Lipinski definition) is 18. The molecule has 568 valence electrons. The van der Waals surface area contributed by atoms with Gasteiger partial charge < -0.3 is 80.0 Å². The summed E-state index contributed by atoms with van der Waals surface area (Å²) in [5, 5.41) is 87.2. The zero-order valence-corrected chi connectivity index (χ0v) is 66.1. The Hall–Kier alpha value is -0.560. The van der Waals surface area contributed by atoms with Crippen LogP contribution in [-0.2, 0) is 35.9 Å². The monoisotopic (exact) mass is 1440 g/mol. The molecule has 0 aliphatic rings. The first-order valence-electron chi connectivity index (χ1n) is 36.4. The molecule has 0 amide bonds. The molecule has 96 heavy (non-hydrogen) atoms. The van der Waals surface area contributed by atoms with Gasteiger partial charge >= 0.3 is 34.4 Å². The van der Waals surface area contributed by atoms with Gasteiger partial charge in [-0.3, -0.25) is 0 Å². The van der Waals surface area contributed by atoms with Crippen LogP contribution in [0.15, 0.2) is 36.4 Å². The highest BCUT2D eigenvalue weighted by atomic mass is 31.2. The van der Waals surface area contributed by atoms with Crippen molar-refractivity contribution in [1.29, 1.82) is 0 Å². The second-order valence-corrected chi connectivity index (χ2v) is 34.4. The lowest BCUT2D eigenvalue weighted by molar-refractivity contribution is -0.162. The predicted molar refractivity (Wildman–Crippen MR) is 399 cm³/mol. The van der Waals surface area contributed by atoms with Crippen molar-refractivity contribution >= 4 is 34.4 Å². The maximum Gasteiger partial charge on any atom is 0.334 e. The minimum absolute atomic E-state index is 0.108. The summed E-state index contributed by atoms with van der Waals surface area (Å²) in [5.41, 5.74) is -1.57. The molecule has 16 N–H and O–H groups in total. The van der Waals surface area contributed by atoms with Crippen molar-refractivity contribution in [3.05, 3.63) is 69.8 Å². The van der Waals surface area contributed by atoms with E-state index in [-0.39, 0.29) is 41.5 Å². The second kappa shape index (κ2) is 52.4. The number of aliphatic hydroxyl groups is 8. The quantitative estimate of drug-likeness (QED) is 0.0216. The molecule has 0 heterocycles. The van der Waals surface area contributed by atoms with Crippen molar-refractivity contribution in [2.24, 2.45) is 10.8 Å². The molecular weight excluding hydrogens is 1300 g/mol. The summed E-state index contributed by atoms with van der Waals surface area (Å²) in [6.45, 7) is 27.2. The highest BCUT2D eigenvalue weighted by molar-refractivity contribution is 7.53. The molecule has 0 aliphatic carbocycles. The minimum atomic E-state index is -2.61. The van der Waals surface area contributed by atoms with Gasteiger partial charge in [0.05, 0.1) is 56.1 Å². The van der Waals surface area contributed by atoms with Crippen LogP contribution in [0.25, 0.3) is 0 Å². The van der Waals surface area contributed by atoms with Gasteiger partial charge in [-0.15, -0.1) is 0 Å². The van der Waals surface area contributed by atoms with Crippen molar-refractivity contribution in [2.75, 3.05) is 39.6 Å². The van der Waals surface area contributed by atoms with Gasteiger partial charge in [0.15, 0.2) is 0 Å². The summed E-state index contributed by atoms with van der Waals surface area (Å²) in [4.78, 5) is 62.5. The lowest BCUT2D eigenvalue weighted by Gasteiger charge is -2.49. The van der Waals surface area contributed by atoms with E-state index >= 15 is 0 Å². The molecule has 0 bridgehead atoms. The molecule has 2 rings (SSSR count). The average molecular weight is 1450 g/mol. The molecule has 18 nitrogen and oxygen atoms in total. The fourth-order valence-corrected chi connectivity index (χ4v) is 13.5. The van der Waals surface area contributed by atoms with Gasteiger partial charge in [-0.2, -0.15) is 0 Å². The number of hydrogen-bond donors (Lipinski definition) is 16. The van der Waals surface area contributed by atoms with E-state index < -0.39 is 76.3 Å². The topological polar surface area (TPSA) is 342 Å². The molecule has 0 fully saturated rings. The second-order valence-electron chi connectivity index (χ2n) is 31.1. The van der Waals surface area contributed by atoms with E-state index in [9.17, 15) is 40.9 Å². The van der Waals surface area contributed by atoms with E-state index in [0.717, 1.165) is 47.9 Å². The largest absolute Gasteiger partial charge is 0.395 e. The van der Waals surface area contributed by atoms with Crippen molar-refractivity contribution in [2.45, 2.75) is 348 Å². The molecule has 0 spiro atoms. The molecule has 0 atom stereocenters. The molecule has 22 heteroatoms. The first-order chi connectivity index (χ1) is 44.9. The Bertz CT molecular complexity index is 2030. The highest BCUT2D eigenvalue weighted by Crippen LogP contribution is 2.52. The Balaban J connectivity index is 0. The van der Waals surface area contributed by atoms with Crippen molar-refractivity contribution in [3.8, 4) is 0 Å². The van der Waals surface area contributed by atoms with Gasteiger partial charge in [-0.25, -0.2) is 8.62 Å². The van der Waals surface area contributed by atoms with E-state index in [4.69, 9.17) is 39.1 Å². The van der Waals surface area contributed by atoms with Crippen LogP contribution >= 0.6 is 34.4 Å². The summed E-state index contributed by atoms with van der Waals surface area (Å²) < 4.78 is 7.20. The van der Waals surface area contributed by atoms with Crippen LogP contribution in [0.2, 0.25) is 0 Å². The Kier molecular flexibility index (Phi) is 53.2. The zero-order chi connectivity index (χ0) is 73.7. The third-order valence-corrected chi connectivity index (χ3v) is 21.3. The lowest BCUT2D eigenvalue weighted by atomic mass is 9.60. The van der Waals surface area contributed by atoms with Gasteiger partial charge in [0.2, 0.25) is 0 Å². The van der Waals surface area contributed by atoms with Crippen LogP contribution in [0.5, 0.6) is 0 Å². The molecule has 0 unspecified atom stereocenters. The third kappa shape index (κ3) is 38.8. The molecule has 0 radical (unpaired) electrons. The number of aliphatic hydroxyl groups excluding tert-OH is 6. The van der Waals surface area contributed by atoms with Crippen LogP contribution in [0.3, 0.4) is 0 Å². The third-order valence-electron chi connectivity index (χ3n) is 18.9. The molecule has 0 aliphatic heterocycles. The summed E-state index contributed by atoms with van der Waals surface area (Å²) >= 11 is 0. The van der Waals surface area contributed by atoms with Gasteiger partial charge in [0.1, 0.15) is 5.60 Å². The Morgan fingerprint density at radius 1 is 0.281 bits per heavy atom. The molecule has 2 aromatic carbocycles. The fourth-order valence-electron chi connectivity index (χ4n) is 12.4. The Labute approximate surface area is 588 Å². The molecule has 0 saturated heterocycles. The van der Waals surface area contributed by atoms with Crippen LogP contribution in [0.1, 0.15) is 349 Å². The van der Waals surface area contributed by atoms with Crippen LogP contribution < -0.4 is 0 Å². The van der Waals surface area contributed by atoms with E-state index in [0.29, 0.717) is 24.0 Å². The summed E-state index contributed by atoms with van der Waals surface area (Å²) in [5.74, 6) is 0. The zero-order valence-electron chi connectivity index (χ0n) is 62.5. The lowest BCUT2D eigenvalue weighted by Crippen LogP contribution is -2.55. The summed E-state index contributed by atoms with van der Waals surface area (Å²) in [6.07, 6.45) is 43.0. The summed E-state index contributed by atoms with van der Waals surface area (Å²) in [7, 11) is -10.4. The SMILES string of the molecule is CC(C)(C)c1ccc(C(O)(c2ccc(C(C)(C)C)cc2C(C)(C)C)C(CO)(CO)CO)c(C(C)(C)C)c1.CCCCCCCCCCCCCCCCCCC(O)(CCCCCCCCCCCCCCCCCC)C(CO)(CO)CO.OP(O)OP(O)O.OP(O)OP(O)O. The first-order valence-corrected chi connectivity index (χ1v) is 41.1. The van der Waals surface area contributed by atoms with Crippen LogP contribution in [-0.4, -0.2) is 125 Å². The average Bonchev–Trinajstić information content (AvgIpc) is 0.714. The van der Waals surface area contributed by atoms with E-state index in [1.165, 1.54) is 180 Å². The standard InChI is InChI=1S/C41H84O4.C33H52O4.2H4O5P2/c1-3-5-7-9-11-13-15-17-19-21-23-25-27-29-31-33-35-41(45,40(37-42,38-43)39-44)36-34-32-30-28-26-24-22-20-18-16-14-12-10-8-6-4-2;1-28(2,3)22-13-15-24(26(17-22)30(7,8)9)33(37,32(19-34,20-35)21-36)25-16-14-23(29(4,5)6)18-27(25)31(10,11)12;2*1-6(2)5-7(3)4/h42-45H,3-39H2,1-2H3;13-18,34-37H,19-21H2,1-12H3;2*1-4H. The fraction of sp³-hybridized carbons (Fsp3) is 0.838. The number of unbranched alkanes of at least 4 members (excludes halogenated alkanes) is 30. The minimum Gasteiger partial charge on any atom is -0.395 e. The number of rotatable bonds is 48. The van der Waals surface area contributed by atoms with Gasteiger partial charge in [-0.05, 0) is 67.9 Å². The Morgan fingerprint density at radius 3 is 0.656 bits per heavy atom. The maximum atomic E-state index is 13.1.